The minimum absolute atomic E-state index is 0.0149. The zero-order valence-corrected chi connectivity index (χ0v) is 24.0. The van der Waals surface area contributed by atoms with Crippen molar-refractivity contribution in [1.29, 1.82) is 0 Å². The molecule has 1 aromatic carbocycles. The Hall–Kier alpha value is -4.49. The van der Waals surface area contributed by atoms with Crippen LogP contribution in [0.15, 0.2) is 42.7 Å². The molecule has 13 nitrogen and oxygen atoms in total. The van der Waals surface area contributed by atoms with E-state index in [9.17, 15) is 19.8 Å². The number of nitrogen functional groups attached to an aromatic ring is 2. The molecule has 0 fully saturated rings. The van der Waals surface area contributed by atoms with E-state index >= 15 is 0 Å². The molecule has 42 heavy (non-hydrogen) atoms. The number of halogens is 1. The van der Waals surface area contributed by atoms with E-state index in [1.54, 1.807) is 24.4 Å². The Morgan fingerprint density at radius 2 is 1.98 bits per heavy atom. The van der Waals surface area contributed by atoms with Crippen LogP contribution < -0.4 is 30.7 Å². The molecule has 0 aliphatic rings. The highest BCUT2D eigenvalue weighted by molar-refractivity contribution is 6.31. The number of nitrogens with zero attached hydrogens (tertiary/aromatic N) is 5. The first-order valence-corrected chi connectivity index (χ1v) is 13.9. The maximum Gasteiger partial charge on any atom is 0.277 e. The van der Waals surface area contributed by atoms with Gasteiger partial charge in [-0.25, -0.2) is 23.7 Å². The topological polar surface area (TPSA) is 186 Å². The van der Waals surface area contributed by atoms with Gasteiger partial charge in [-0.2, -0.15) is 0 Å². The van der Waals surface area contributed by atoms with Gasteiger partial charge in [0.15, 0.2) is 51.2 Å². The first kappa shape index (κ1) is 30.5. The molecule has 222 valence electrons. The predicted molar refractivity (Wildman–Crippen MR) is 155 cm³/mol. The number of aromatic nitrogens is 5. The number of aliphatic hydroxyl groups is 1. The Morgan fingerprint density at radius 3 is 2.71 bits per heavy atom. The minimum Gasteiger partial charge on any atom is -0.503 e. The minimum atomic E-state index is -0.576. The number of anilines is 2. The van der Waals surface area contributed by atoms with Gasteiger partial charge in [0.2, 0.25) is 6.20 Å². The molecule has 7 N–H and O–H groups in total. The third kappa shape index (κ3) is 7.22. The van der Waals surface area contributed by atoms with Gasteiger partial charge in [0.1, 0.15) is 32.0 Å². The predicted octanol–water partition coefficient (Wildman–Crippen LogP) is 1.29. The van der Waals surface area contributed by atoms with E-state index in [1.165, 1.54) is 0 Å². The van der Waals surface area contributed by atoms with Crippen LogP contribution in [0.25, 0.3) is 11.0 Å². The number of ether oxygens (including phenoxy) is 1. The van der Waals surface area contributed by atoms with Crippen LogP contribution in [-0.4, -0.2) is 49.7 Å². The summed E-state index contributed by atoms with van der Waals surface area (Å²) in [5.74, 6) is 0.644. The molecular weight excluding hydrogens is 564 g/mol. The first-order valence-electron chi connectivity index (χ1n) is 13.6. The van der Waals surface area contributed by atoms with Crippen LogP contribution in [0.1, 0.15) is 42.5 Å². The first-order chi connectivity index (χ1) is 20.2. The van der Waals surface area contributed by atoms with E-state index in [0.29, 0.717) is 31.7 Å². The fraction of sp³-hybridized carbons (Fsp3) is 0.357. The fourth-order valence-electron chi connectivity index (χ4n) is 4.71. The smallest absolute Gasteiger partial charge is 0.277 e. The van der Waals surface area contributed by atoms with Crippen LogP contribution in [0.4, 0.5) is 11.6 Å². The van der Waals surface area contributed by atoms with Crippen molar-refractivity contribution in [3.8, 4) is 11.5 Å². The number of Topliss-reactive ketones (excluding diaryl/α,β-unsaturated/α-hetero) is 1. The number of aryl methyl sites for hydroxylation is 2. The number of nitrogens with one attached hydrogen (secondary N) is 1. The Morgan fingerprint density at radius 1 is 1.17 bits per heavy atom. The second-order valence-corrected chi connectivity index (χ2v) is 9.94. The van der Waals surface area contributed by atoms with Crippen molar-refractivity contribution in [3.05, 3.63) is 59.4 Å². The third-order valence-electron chi connectivity index (χ3n) is 6.68. The van der Waals surface area contributed by atoms with Gasteiger partial charge < -0.3 is 31.7 Å². The number of aromatic hydroxyl groups is 1. The SMILES string of the molecule is CC[n+]1c(CNC(=O)c2nc(Cl)c(N)nc2N)n(CCO)c2cc(OCC(=O)CCCC[n+]3cccc(O)c3)ccc21. The molecule has 4 rings (SSSR count). The Labute approximate surface area is 247 Å². The number of nitrogens with two attached hydrogens (primary N) is 2. The third-order valence-corrected chi connectivity index (χ3v) is 6.96. The number of hydrogen-bond acceptors (Lipinski definition) is 9. The lowest BCUT2D eigenvalue weighted by atomic mass is 10.2. The number of unbranched alkanes of at least 4 members (excludes halogenated alkanes) is 1. The number of ketones is 1. The van der Waals surface area contributed by atoms with Crippen molar-refractivity contribution >= 4 is 46.0 Å². The molecule has 3 aromatic heterocycles. The van der Waals surface area contributed by atoms with E-state index in [4.69, 9.17) is 27.8 Å². The molecule has 1 amide bonds. The number of carbonyl (C=O) groups excluding carboxylic acids is 2. The second-order valence-electron chi connectivity index (χ2n) is 9.59. The second kappa shape index (κ2) is 13.9. The zero-order chi connectivity index (χ0) is 30.2. The summed E-state index contributed by atoms with van der Waals surface area (Å²) >= 11 is 5.92. The van der Waals surface area contributed by atoms with Gasteiger partial charge in [0, 0.05) is 25.0 Å². The standard InChI is InChI=1S/C28H33ClN8O5/c1-2-36-21-9-8-20(42-17-19(40)6-3-4-10-35-11-5-7-18(39)16-35)14-22(21)37(12-13-38)23(36)15-32-28(41)24-26(30)34-27(31)25(29)33-24/h5,7-9,11,14,16,38H,2-4,6,10,12-13,15,17H2,1H3,(H4-2,30,31,32,34,39,41)/p+2. The summed E-state index contributed by atoms with van der Waals surface area (Å²) in [7, 11) is 0. The number of amides is 1. The lowest BCUT2D eigenvalue weighted by Gasteiger charge is -2.08. The number of hydrogen-bond donors (Lipinski definition) is 5. The fourth-order valence-corrected chi connectivity index (χ4v) is 4.83. The lowest BCUT2D eigenvalue weighted by Crippen LogP contribution is -2.40. The van der Waals surface area contributed by atoms with E-state index in [1.807, 2.05) is 39.0 Å². The van der Waals surface area contributed by atoms with Crippen molar-refractivity contribution in [3.63, 3.8) is 0 Å². The van der Waals surface area contributed by atoms with E-state index in [0.717, 1.165) is 23.3 Å². The molecule has 4 aromatic rings. The summed E-state index contributed by atoms with van der Waals surface area (Å²) in [6, 6.07) is 8.87. The molecule has 0 spiro atoms. The molecule has 0 aliphatic carbocycles. The van der Waals surface area contributed by atoms with Gasteiger partial charge in [-0.15, -0.1) is 0 Å². The van der Waals surface area contributed by atoms with Gasteiger partial charge in [0.05, 0.1) is 13.2 Å². The lowest BCUT2D eigenvalue weighted by molar-refractivity contribution is -0.697. The number of carbonyl (C=O) groups is 2. The summed E-state index contributed by atoms with van der Waals surface area (Å²) in [4.78, 5) is 33.1. The number of fused-ring (bicyclic) bond motifs is 1. The highest BCUT2D eigenvalue weighted by Gasteiger charge is 2.26. The monoisotopic (exact) mass is 598 g/mol. The van der Waals surface area contributed by atoms with Crippen LogP contribution in [0, 0.1) is 0 Å². The average Bonchev–Trinajstić information content (AvgIpc) is 3.26. The van der Waals surface area contributed by atoms with Crippen molar-refractivity contribution < 1.29 is 33.7 Å². The maximum absolute atomic E-state index is 12.8. The Balaban J connectivity index is 1.42. The zero-order valence-electron chi connectivity index (χ0n) is 23.3. The molecule has 3 heterocycles. The summed E-state index contributed by atoms with van der Waals surface area (Å²) in [5, 5.41) is 22.0. The molecule has 0 saturated heterocycles. The highest BCUT2D eigenvalue weighted by atomic mass is 35.5. The molecule has 0 bridgehead atoms. The van der Waals surface area contributed by atoms with Crippen LogP contribution in [0.5, 0.6) is 11.5 Å². The molecule has 0 radical (unpaired) electrons. The average molecular weight is 599 g/mol. The molecule has 0 aliphatic heterocycles. The molecular formula is C28H35ClN8O5+2. The maximum atomic E-state index is 12.8. The summed E-state index contributed by atoms with van der Waals surface area (Å²) in [5.41, 5.74) is 12.9. The van der Waals surface area contributed by atoms with Gasteiger partial charge in [0.25, 0.3) is 11.7 Å². The Kier molecular flexibility index (Phi) is 10.1. The van der Waals surface area contributed by atoms with Crippen LogP contribution in [0.2, 0.25) is 5.15 Å². The van der Waals surface area contributed by atoms with Crippen molar-refractivity contribution in [2.75, 3.05) is 24.7 Å². The summed E-state index contributed by atoms with van der Waals surface area (Å²) in [6.07, 6.45) is 5.40. The number of rotatable bonds is 14. The summed E-state index contributed by atoms with van der Waals surface area (Å²) < 4.78 is 11.6. The van der Waals surface area contributed by atoms with Gasteiger partial charge >= 0.3 is 0 Å². The highest BCUT2D eigenvalue weighted by Crippen LogP contribution is 2.22. The van der Waals surface area contributed by atoms with Crippen LogP contribution in [0.3, 0.4) is 0 Å². The molecule has 0 atom stereocenters. The van der Waals surface area contributed by atoms with Crippen LogP contribution >= 0.6 is 11.6 Å². The molecule has 14 heteroatoms. The van der Waals surface area contributed by atoms with Crippen LogP contribution in [-0.2, 0) is 31.0 Å². The largest absolute Gasteiger partial charge is 0.503 e. The van der Waals surface area contributed by atoms with Crippen molar-refractivity contribution in [1.82, 2.24) is 19.9 Å². The van der Waals surface area contributed by atoms with E-state index in [-0.39, 0.29) is 60.3 Å². The number of benzene rings is 1. The van der Waals surface area contributed by atoms with Crippen molar-refractivity contribution in [2.24, 2.45) is 0 Å². The molecule has 0 unspecified atom stereocenters. The number of pyridine rings is 1. The van der Waals surface area contributed by atoms with Crippen molar-refractivity contribution in [2.45, 2.75) is 52.4 Å². The van der Waals surface area contributed by atoms with Gasteiger partial charge in [-0.3, -0.25) is 9.59 Å². The quantitative estimate of drug-likeness (QED) is 0.105. The normalized spacial score (nSPS) is 11.1. The molecule has 0 saturated carbocycles. The van der Waals surface area contributed by atoms with Gasteiger partial charge in [-0.05, 0) is 31.5 Å². The number of aliphatic hydroxyl groups excluding tert-OH is 1. The van der Waals surface area contributed by atoms with E-state index in [2.05, 4.69) is 15.3 Å². The Bertz CT molecular complexity index is 1590. The van der Waals surface area contributed by atoms with E-state index < -0.39 is 5.91 Å². The number of imidazole rings is 1. The van der Waals surface area contributed by atoms with Gasteiger partial charge in [-0.1, -0.05) is 11.6 Å². The summed E-state index contributed by atoms with van der Waals surface area (Å²) in [6.45, 7) is 3.44.